The van der Waals surface area contributed by atoms with Crippen LogP contribution in [-0.2, 0) is 11.0 Å². The van der Waals surface area contributed by atoms with Crippen molar-refractivity contribution in [3.05, 3.63) is 41.5 Å². The number of alkyl halides is 3. The van der Waals surface area contributed by atoms with Crippen LogP contribution in [0.25, 0.3) is 5.69 Å². The molecule has 0 saturated carbocycles. The SMILES string of the molecule is CONC(=O)c1nnn(-c2ccccc2F)c1C(F)(F)F. The largest absolute Gasteiger partial charge is 0.435 e. The quantitative estimate of drug-likeness (QED) is 0.692. The number of halogens is 4. The molecule has 1 heterocycles. The zero-order chi connectivity index (χ0) is 15.6. The van der Waals surface area contributed by atoms with Crippen molar-refractivity contribution in [2.75, 3.05) is 7.11 Å². The van der Waals surface area contributed by atoms with Crippen LogP contribution in [0.3, 0.4) is 0 Å². The first-order valence-electron chi connectivity index (χ1n) is 5.47. The fourth-order valence-electron chi connectivity index (χ4n) is 1.62. The number of amides is 1. The zero-order valence-corrected chi connectivity index (χ0v) is 10.5. The second kappa shape index (κ2) is 5.48. The molecule has 0 radical (unpaired) electrons. The van der Waals surface area contributed by atoms with E-state index in [-0.39, 0.29) is 4.68 Å². The fraction of sp³-hybridized carbons (Fsp3) is 0.182. The van der Waals surface area contributed by atoms with Crippen LogP contribution in [0.4, 0.5) is 17.6 Å². The second-order valence-corrected chi connectivity index (χ2v) is 3.78. The summed E-state index contributed by atoms with van der Waals surface area (Å²) >= 11 is 0. The number of hydroxylamine groups is 1. The highest BCUT2D eigenvalue weighted by Gasteiger charge is 2.42. The highest BCUT2D eigenvalue weighted by atomic mass is 19.4. The van der Waals surface area contributed by atoms with Crippen molar-refractivity contribution in [3.63, 3.8) is 0 Å². The number of carbonyl (C=O) groups excluding carboxylic acids is 1. The normalized spacial score (nSPS) is 11.5. The van der Waals surface area contributed by atoms with Gasteiger partial charge in [-0.1, -0.05) is 17.3 Å². The molecule has 1 amide bonds. The summed E-state index contributed by atoms with van der Waals surface area (Å²) in [6, 6.07) is 4.68. The first kappa shape index (κ1) is 14.9. The lowest BCUT2D eigenvalue weighted by molar-refractivity contribution is -0.143. The van der Waals surface area contributed by atoms with Gasteiger partial charge in [0.05, 0.1) is 7.11 Å². The number of benzene rings is 1. The third-order valence-corrected chi connectivity index (χ3v) is 2.43. The molecule has 0 bridgehead atoms. The summed E-state index contributed by atoms with van der Waals surface area (Å²) in [5, 5.41) is 6.36. The molecule has 1 N–H and O–H groups in total. The summed E-state index contributed by atoms with van der Waals surface area (Å²) in [6.07, 6.45) is -4.97. The van der Waals surface area contributed by atoms with Crippen molar-refractivity contribution in [3.8, 4) is 5.69 Å². The lowest BCUT2D eigenvalue weighted by Crippen LogP contribution is -2.26. The van der Waals surface area contributed by atoms with Crippen molar-refractivity contribution in [1.29, 1.82) is 0 Å². The first-order chi connectivity index (χ1) is 9.86. The van der Waals surface area contributed by atoms with E-state index in [0.717, 1.165) is 19.2 Å². The molecule has 0 fully saturated rings. The molecule has 0 saturated heterocycles. The topological polar surface area (TPSA) is 69.0 Å². The molecule has 0 aliphatic heterocycles. The zero-order valence-electron chi connectivity index (χ0n) is 10.5. The molecule has 0 spiro atoms. The molecule has 0 atom stereocenters. The Balaban J connectivity index is 2.64. The Kier molecular flexibility index (Phi) is 3.89. The fourth-order valence-corrected chi connectivity index (χ4v) is 1.62. The Labute approximate surface area is 115 Å². The molecule has 2 aromatic rings. The summed E-state index contributed by atoms with van der Waals surface area (Å²) in [5.74, 6) is -2.18. The Morgan fingerprint density at radius 2 is 2.00 bits per heavy atom. The van der Waals surface area contributed by atoms with Crippen LogP contribution in [-0.4, -0.2) is 28.0 Å². The predicted octanol–water partition coefficient (Wildman–Crippen LogP) is 1.72. The Morgan fingerprint density at radius 1 is 1.33 bits per heavy atom. The van der Waals surface area contributed by atoms with Gasteiger partial charge in [-0.25, -0.2) is 14.6 Å². The highest BCUT2D eigenvalue weighted by molar-refractivity contribution is 5.92. The predicted molar refractivity (Wildman–Crippen MR) is 60.8 cm³/mol. The van der Waals surface area contributed by atoms with Crippen LogP contribution < -0.4 is 5.48 Å². The van der Waals surface area contributed by atoms with Gasteiger partial charge in [-0.15, -0.1) is 5.10 Å². The number of carbonyl (C=O) groups is 1. The smallest absolute Gasteiger partial charge is 0.277 e. The van der Waals surface area contributed by atoms with Crippen LogP contribution >= 0.6 is 0 Å². The van der Waals surface area contributed by atoms with Gasteiger partial charge in [-0.05, 0) is 12.1 Å². The molecule has 1 aromatic carbocycles. The number of nitrogens with zero attached hydrogens (tertiary/aromatic N) is 3. The van der Waals surface area contributed by atoms with Crippen LogP contribution in [0.15, 0.2) is 24.3 Å². The summed E-state index contributed by atoms with van der Waals surface area (Å²) in [7, 11) is 1.05. The molecule has 6 nitrogen and oxygen atoms in total. The third-order valence-electron chi connectivity index (χ3n) is 2.43. The van der Waals surface area contributed by atoms with Gasteiger partial charge in [0, 0.05) is 0 Å². The summed E-state index contributed by atoms with van der Waals surface area (Å²) in [6.45, 7) is 0. The number of aromatic nitrogens is 3. The Morgan fingerprint density at radius 3 is 2.57 bits per heavy atom. The van der Waals surface area contributed by atoms with Gasteiger partial charge in [0.25, 0.3) is 5.91 Å². The standard InChI is InChI=1S/C11H8F4N4O2/c1-21-17-10(20)8-9(11(13,14)15)19(18-16-8)7-5-3-2-4-6(7)12/h2-5H,1H3,(H,17,20). The minimum Gasteiger partial charge on any atom is -0.277 e. The maximum absolute atomic E-state index is 13.6. The average molecular weight is 304 g/mol. The van der Waals surface area contributed by atoms with Gasteiger partial charge in [0.15, 0.2) is 11.4 Å². The second-order valence-electron chi connectivity index (χ2n) is 3.78. The van der Waals surface area contributed by atoms with E-state index in [1.807, 2.05) is 0 Å². The van der Waals surface area contributed by atoms with E-state index >= 15 is 0 Å². The first-order valence-corrected chi connectivity index (χ1v) is 5.47. The minimum absolute atomic E-state index is 0.222. The number of para-hydroxylation sites is 1. The number of rotatable bonds is 3. The van der Waals surface area contributed by atoms with E-state index in [9.17, 15) is 22.4 Å². The highest BCUT2D eigenvalue weighted by Crippen LogP contribution is 2.33. The Bertz CT molecular complexity index is 668. The van der Waals surface area contributed by atoms with Gasteiger partial charge in [0.2, 0.25) is 0 Å². The van der Waals surface area contributed by atoms with Crippen LogP contribution in [0.1, 0.15) is 16.2 Å². The van der Waals surface area contributed by atoms with E-state index in [4.69, 9.17) is 0 Å². The lowest BCUT2D eigenvalue weighted by Gasteiger charge is -2.11. The molecule has 1 aromatic heterocycles. The van der Waals surface area contributed by atoms with E-state index < -0.39 is 35.0 Å². The maximum atomic E-state index is 13.6. The molecule has 0 aliphatic carbocycles. The maximum Gasteiger partial charge on any atom is 0.435 e. The van der Waals surface area contributed by atoms with Crippen molar-refractivity contribution in [2.45, 2.75) is 6.18 Å². The number of hydrogen-bond donors (Lipinski definition) is 1. The van der Waals surface area contributed by atoms with Crippen molar-refractivity contribution < 1.29 is 27.2 Å². The number of nitrogens with one attached hydrogen (secondary N) is 1. The molecule has 21 heavy (non-hydrogen) atoms. The molecule has 112 valence electrons. The lowest BCUT2D eigenvalue weighted by atomic mass is 10.2. The Hall–Kier alpha value is -2.49. The van der Waals surface area contributed by atoms with E-state index in [2.05, 4.69) is 15.1 Å². The van der Waals surface area contributed by atoms with Crippen molar-refractivity contribution >= 4 is 5.91 Å². The van der Waals surface area contributed by atoms with Gasteiger partial charge >= 0.3 is 6.18 Å². The van der Waals surface area contributed by atoms with E-state index in [1.54, 1.807) is 5.48 Å². The van der Waals surface area contributed by atoms with Gasteiger partial charge in [-0.3, -0.25) is 9.63 Å². The van der Waals surface area contributed by atoms with Gasteiger partial charge < -0.3 is 0 Å². The molecule has 10 heteroatoms. The minimum atomic E-state index is -4.97. The summed E-state index contributed by atoms with van der Waals surface area (Å²) in [5.41, 5.74) is -1.29. The third kappa shape index (κ3) is 2.84. The monoisotopic (exact) mass is 304 g/mol. The molecule has 0 aliphatic rings. The molecular weight excluding hydrogens is 296 g/mol. The summed E-state index contributed by atoms with van der Waals surface area (Å²) < 4.78 is 53.2. The molecule has 0 unspecified atom stereocenters. The average Bonchev–Trinajstić information content (AvgIpc) is 2.84. The van der Waals surface area contributed by atoms with E-state index in [0.29, 0.717) is 0 Å². The molecular formula is C11H8F4N4O2. The number of hydrogen-bond acceptors (Lipinski definition) is 4. The van der Waals surface area contributed by atoms with Crippen molar-refractivity contribution in [2.24, 2.45) is 0 Å². The summed E-state index contributed by atoms with van der Waals surface area (Å²) in [4.78, 5) is 15.7. The van der Waals surface area contributed by atoms with Crippen molar-refractivity contribution in [1.82, 2.24) is 20.5 Å². The molecule has 2 rings (SSSR count). The van der Waals surface area contributed by atoms with Crippen LogP contribution in [0.5, 0.6) is 0 Å². The van der Waals surface area contributed by atoms with Gasteiger partial charge in [0.1, 0.15) is 11.5 Å². The van der Waals surface area contributed by atoms with Crippen LogP contribution in [0, 0.1) is 5.82 Å². The van der Waals surface area contributed by atoms with E-state index in [1.165, 1.54) is 12.1 Å². The van der Waals surface area contributed by atoms with Gasteiger partial charge in [-0.2, -0.15) is 13.2 Å². The van der Waals surface area contributed by atoms with Crippen LogP contribution in [0.2, 0.25) is 0 Å².